The lowest BCUT2D eigenvalue weighted by Crippen LogP contribution is -2.38. The number of nitrogens with one attached hydrogen (secondary N) is 1. The molecule has 5 nitrogen and oxygen atoms in total. The van der Waals surface area contributed by atoms with Crippen LogP contribution in [-0.2, 0) is 17.5 Å². The van der Waals surface area contributed by atoms with Gasteiger partial charge in [-0.3, -0.25) is 0 Å². The maximum absolute atomic E-state index is 13.2. The number of halogens is 4. The minimum atomic E-state index is -4.47. The topological polar surface area (TPSA) is 57.1 Å². The van der Waals surface area contributed by atoms with Crippen LogP contribution in [0.25, 0.3) is 0 Å². The number of alkyl halides is 3. The quantitative estimate of drug-likeness (QED) is 0.741. The van der Waals surface area contributed by atoms with Crippen molar-refractivity contribution in [3.8, 4) is 0 Å². The number of hydrogen-bond donors (Lipinski definition) is 2. The van der Waals surface area contributed by atoms with Crippen LogP contribution in [0.5, 0.6) is 0 Å². The summed E-state index contributed by atoms with van der Waals surface area (Å²) in [6.45, 7) is 1.69. The van der Waals surface area contributed by atoms with Crippen molar-refractivity contribution < 1.29 is 23.0 Å². The summed E-state index contributed by atoms with van der Waals surface area (Å²) in [7, 11) is 1.40. The van der Waals surface area contributed by atoms with Gasteiger partial charge < -0.3 is 20.1 Å². The predicted octanol–water partition coefficient (Wildman–Crippen LogP) is 4.76. The van der Waals surface area contributed by atoms with E-state index in [0.29, 0.717) is 11.6 Å². The van der Waals surface area contributed by atoms with E-state index in [1.165, 1.54) is 26.2 Å². The molecule has 1 unspecified atom stereocenters. The highest BCUT2D eigenvalue weighted by Crippen LogP contribution is 2.34. The number of nitrogens with zero attached hydrogens (tertiary/aromatic N) is 2. The summed E-state index contributed by atoms with van der Waals surface area (Å²) < 4.78 is 44.8. The zero-order valence-electron chi connectivity index (χ0n) is 15.7. The van der Waals surface area contributed by atoms with Gasteiger partial charge in [0.25, 0.3) is 0 Å². The summed E-state index contributed by atoms with van der Waals surface area (Å²) in [4.78, 5) is 5.78. The first-order valence-electron chi connectivity index (χ1n) is 8.65. The molecule has 0 bridgehead atoms. The van der Waals surface area contributed by atoms with Crippen LogP contribution in [-0.4, -0.2) is 29.3 Å². The molecule has 29 heavy (non-hydrogen) atoms. The summed E-state index contributed by atoms with van der Waals surface area (Å²) in [6.07, 6.45) is -4.20. The first-order chi connectivity index (χ1) is 13.7. The second kappa shape index (κ2) is 8.34. The maximum atomic E-state index is 13.2. The lowest BCUT2D eigenvalue weighted by molar-refractivity contribution is -0.138. The smallest absolute Gasteiger partial charge is 0.416 e. The van der Waals surface area contributed by atoms with Gasteiger partial charge in [-0.05, 0) is 42.3 Å². The van der Waals surface area contributed by atoms with E-state index in [9.17, 15) is 18.3 Å². The van der Waals surface area contributed by atoms with Crippen LogP contribution in [0.15, 0.2) is 59.4 Å². The average molecular weight is 426 g/mol. The monoisotopic (exact) mass is 425 g/mol. The Hall–Kier alpha value is -2.71. The van der Waals surface area contributed by atoms with Crippen molar-refractivity contribution >= 4 is 23.2 Å². The molecule has 1 aliphatic rings. The summed E-state index contributed by atoms with van der Waals surface area (Å²) in [6, 6.07) is 11.0. The van der Waals surface area contributed by atoms with Crippen molar-refractivity contribution in [3.63, 3.8) is 0 Å². The molecule has 154 valence electrons. The number of aliphatic hydroxyl groups is 1. The van der Waals surface area contributed by atoms with E-state index in [1.54, 1.807) is 29.3 Å². The van der Waals surface area contributed by atoms with Crippen molar-refractivity contribution in [1.29, 1.82) is 0 Å². The molecule has 0 saturated heterocycles. The normalized spacial score (nSPS) is 16.9. The minimum absolute atomic E-state index is 0.0291. The van der Waals surface area contributed by atoms with E-state index in [1.807, 2.05) is 6.07 Å². The molecule has 0 spiro atoms. The molecule has 2 aromatic rings. The minimum Gasteiger partial charge on any atom is -0.495 e. The first kappa shape index (κ1) is 21.0. The molecule has 2 aromatic carbocycles. The number of aliphatic hydroxyl groups excluding tert-OH is 1. The molecule has 0 aromatic heterocycles. The fourth-order valence-corrected chi connectivity index (χ4v) is 3.16. The van der Waals surface area contributed by atoms with Crippen LogP contribution in [0, 0.1) is 6.92 Å². The predicted molar refractivity (Wildman–Crippen MR) is 105 cm³/mol. The number of anilines is 1. The van der Waals surface area contributed by atoms with Gasteiger partial charge in [0.15, 0.2) is 5.76 Å². The molecule has 3 rings (SSSR count). The number of guanidine groups is 1. The third kappa shape index (κ3) is 4.83. The van der Waals surface area contributed by atoms with Gasteiger partial charge in [-0.15, -0.1) is 0 Å². The maximum Gasteiger partial charge on any atom is 0.416 e. The highest BCUT2D eigenvalue weighted by molar-refractivity contribution is 6.30. The van der Waals surface area contributed by atoms with Crippen molar-refractivity contribution in [2.24, 2.45) is 4.99 Å². The summed E-state index contributed by atoms with van der Waals surface area (Å²) in [5.41, 5.74) is 0.363. The molecular formula is C20H19ClF3N3O2. The number of methoxy groups -OCH3 is 1. The van der Waals surface area contributed by atoms with Crippen molar-refractivity contribution in [1.82, 2.24) is 4.90 Å². The molecule has 0 fully saturated rings. The standard InChI is InChI=1S/C20H19ClF3N3O2/c1-12-15(20(22,23)24)7-4-8-16(12)25-19-26-18(28)17(29-2)11-27(19)10-13-5-3-6-14(21)9-13/h3-9,11,18,28H,10H2,1-2H3,(H,25,26). The zero-order valence-corrected chi connectivity index (χ0v) is 16.4. The second-order valence-corrected chi connectivity index (χ2v) is 6.86. The highest BCUT2D eigenvalue weighted by atomic mass is 35.5. The highest BCUT2D eigenvalue weighted by Gasteiger charge is 2.33. The molecule has 1 atom stereocenters. The number of ether oxygens (including phenoxy) is 1. The van der Waals surface area contributed by atoms with Gasteiger partial charge in [-0.2, -0.15) is 13.2 Å². The SMILES string of the molecule is COC1=CN(Cc2cccc(Cl)c2)C(Nc2cccc(C(F)(F)F)c2C)=NC1O. The Morgan fingerprint density at radius 3 is 2.62 bits per heavy atom. The van der Waals surface area contributed by atoms with Crippen LogP contribution in [0.4, 0.5) is 18.9 Å². The van der Waals surface area contributed by atoms with Gasteiger partial charge in [-0.1, -0.05) is 29.8 Å². The molecule has 1 aliphatic heterocycles. The van der Waals surface area contributed by atoms with Crippen molar-refractivity contribution in [2.45, 2.75) is 25.9 Å². The van der Waals surface area contributed by atoms with Gasteiger partial charge in [-0.25, -0.2) is 4.99 Å². The Morgan fingerprint density at radius 1 is 1.24 bits per heavy atom. The van der Waals surface area contributed by atoms with E-state index < -0.39 is 18.0 Å². The number of aliphatic imine (C=N–C) groups is 1. The zero-order chi connectivity index (χ0) is 21.2. The summed E-state index contributed by atoms with van der Waals surface area (Å²) in [5.74, 6) is 0.388. The van der Waals surface area contributed by atoms with Gasteiger partial charge in [0.2, 0.25) is 12.2 Å². The third-order valence-electron chi connectivity index (χ3n) is 4.42. The van der Waals surface area contributed by atoms with Crippen molar-refractivity contribution in [2.75, 3.05) is 12.4 Å². The van der Waals surface area contributed by atoms with Crippen LogP contribution in [0.1, 0.15) is 16.7 Å². The number of hydrogen-bond acceptors (Lipinski definition) is 5. The van der Waals surface area contributed by atoms with E-state index in [0.717, 1.165) is 11.6 Å². The fraction of sp³-hybridized carbons (Fsp3) is 0.250. The molecule has 0 radical (unpaired) electrons. The Bertz CT molecular complexity index is 960. The fourth-order valence-electron chi connectivity index (χ4n) is 2.95. The van der Waals surface area contributed by atoms with E-state index >= 15 is 0 Å². The van der Waals surface area contributed by atoms with E-state index in [4.69, 9.17) is 16.3 Å². The molecule has 1 heterocycles. The molecule has 2 N–H and O–H groups in total. The molecular weight excluding hydrogens is 407 g/mol. The Morgan fingerprint density at radius 2 is 1.97 bits per heavy atom. The molecule has 0 aliphatic carbocycles. The van der Waals surface area contributed by atoms with Crippen LogP contribution >= 0.6 is 11.6 Å². The lowest BCUT2D eigenvalue weighted by Gasteiger charge is -2.30. The van der Waals surface area contributed by atoms with Crippen LogP contribution in [0.2, 0.25) is 5.02 Å². The van der Waals surface area contributed by atoms with E-state index in [2.05, 4.69) is 10.3 Å². The van der Waals surface area contributed by atoms with Crippen molar-refractivity contribution in [3.05, 3.63) is 76.1 Å². The summed E-state index contributed by atoms with van der Waals surface area (Å²) in [5, 5.41) is 13.6. The van der Waals surface area contributed by atoms with Gasteiger partial charge in [0.1, 0.15) is 0 Å². The molecule has 0 saturated carbocycles. The average Bonchev–Trinajstić information content (AvgIpc) is 2.64. The largest absolute Gasteiger partial charge is 0.495 e. The van der Waals surface area contributed by atoms with E-state index in [-0.39, 0.29) is 23.0 Å². The molecule has 0 amide bonds. The first-order valence-corrected chi connectivity index (χ1v) is 9.03. The Labute approximate surface area is 171 Å². The number of benzene rings is 2. The summed E-state index contributed by atoms with van der Waals surface area (Å²) >= 11 is 6.04. The second-order valence-electron chi connectivity index (χ2n) is 6.42. The van der Waals surface area contributed by atoms with Crippen LogP contribution < -0.4 is 5.32 Å². The van der Waals surface area contributed by atoms with Gasteiger partial charge in [0, 0.05) is 16.9 Å². The van der Waals surface area contributed by atoms with Gasteiger partial charge in [0.05, 0.1) is 19.2 Å². The Kier molecular flexibility index (Phi) is 6.04. The Balaban J connectivity index is 1.93. The number of rotatable bonds is 4. The third-order valence-corrected chi connectivity index (χ3v) is 4.65. The van der Waals surface area contributed by atoms with Crippen LogP contribution in [0.3, 0.4) is 0 Å². The van der Waals surface area contributed by atoms with Gasteiger partial charge >= 0.3 is 6.18 Å². The molecule has 9 heteroatoms. The lowest BCUT2D eigenvalue weighted by atomic mass is 10.1.